The predicted molar refractivity (Wildman–Crippen MR) is 45.1 cm³/mol. The maximum absolute atomic E-state index is 12.9. The standard InChI is InChI=1S/C9H9F4NO/c1-5(15-14)6-2-7(9(11,12)13)4-8(10)3-6/h2-5H,14H2,1H3. The van der Waals surface area contributed by atoms with E-state index in [4.69, 9.17) is 5.90 Å². The minimum absolute atomic E-state index is 0.0461. The molecule has 0 fully saturated rings. The molecule has 6 heteroatoms. The number of alkyl halides is 3. The molecule has 0 aliphatic carbocycles. The van der Waals surface area contributed by atoms with Gasteiger partial charge in [-0.1, -0.05) is 0 Å². The van der Waals surface area contributed by atoms with Crippen molar-refractivity contribution < 1.29 is 22.4 Å². The number of benzene rings is 1. The molecule has 1 unspecified atom stereocenters. The van der Waals surface area contributed by atoms with Crippen molar-refractivity contribution in [3.8, 4) is 0 Å². The highest BCUT2D eigenvalue weighted by molar-refractivity contribution is 5.28. The lowest BCUT2D eigenvalue weighted by Gasteiger charge is -2.12. The Hall–Kier alpha value is -1.14. The van der Waals surface area contributed by atoms with Crippen LogP contribution in [-0.4, -0.2) is 0 Å². The van der Waals surface area contributed by atoms with Crippen molar-refractivity contribution in [3.63, 3.8) is 0 Å². The normalized spacial score (nSPS) is 14.0. The Balaban J connectivity index is 3.17. The fraction of sp³-hybridized carbons (Fsp3) is 0.333. The van der Waals surface area contributed by atoms with Gasteiger partial charge in [-0.15, -0.1) is 0 Å². The van der Waals surface area contributed by atoms with E-state index < -0.39 is 23.7 Å². The molecule has 0 saturated heterocycles. The van der Waals surface area contributed by atoms with Crippen molar-refractivity contribution in [2.45, 2.75) is 19.2 Å². The van der Waals surface area contributed by atoms with Gasteiger partial charge in [-0.25, -0.2) is 10.3 Å². The Bertz CT molecular complexity index is 350. The summed E-state index contributed by atoms with van der Waals surface area (Å²) in [4.78, 5) is 4.32. The molecule has 0 saturated carbocycles. The highest BCUT2D eigenvalue weighted by Gasteiger charge is 2.31. The van der Waals surface area contributed by atoms with Gasteiger partial charge in [0.1, 0.15) is 11.9 Å². The summed E-state index contributed by atoms with van der Waals surface area (Å²) in [6.45, 7) is 1.43. The molecule has 1 aromatic carbocycles. The molecule has 0 amide bonds. The molecule has 0 aromatic heterocycles. The molecule has 0 bridgehead atoms. The second-order valence-electron chi connectivity index (χ2n) is 3.05. The topological polar surface area (TPSA) is 35.2 Å². The van der Waals surface area contributed by atoms with Gasteiger partial charge in [0.15, 0.2) is 0 Å². The van der Waals surface area contributed by atoms with E-state index in [2.05, 4.69) is 4.84 Å². The van der Waals surface area contributed by atoms with Crippen molar-refractivity contribution in [1.82, 2.24) is 0 Å². The van der Waals surface area contributed by atoms with Crippen LogP contribution in [0.15, 0.2) is 18.2 Å². The number of hydrogen-bond donors (Lipinski definition) is 1. The zero-order chi connectivity index (χ0) is 11.6. The van der Waals surface area contributed by atoms with Gasteiger partial charge in [-0.3, -0.25) is 4.84 Å². The van der Waals surface area contributed by atoms with E-state index in [1.165, 1.54) is 6.92 Å². The highest BCUT2D eigenvalue weighted by atomic mass is 19.4. The average molecular weight is 223 g/mol. The van der Waals surface area contributed by atoms with Crippen LogP contribution in [0.25, 0.3) is 0 Å². The van der Waals surface area contributed by atoms with Crippen molar-refractivity contribution in [3.05, 3.63) is 35.1 Å². The first-order valence-corrected chi connectivity index (χ1v) is 4.08. The number of nitrogens with two attached hydrogens (primary N) is 1. The second-order valence-corrected chi connectivity index (χ2v) is 3.05. The van der Waals surface area contributed by atoms with E-state index in [9.17, 15) is 17.6 Å². The summed E-state index contributed by atoms with van der Waals surface area (Å²) in [5.74, 6) is 3.84. The summed E-state index contributed by atoms with van der Waals surface area (Å²) in [6.07, 6.45) is -5.37. The Kier molecular flexibility index (Phi) is 3.31. The van der Waals surface area contributed by atoms with E-state index in [-0.39, 0.29) is 5.56 Å². The fourth-order valence-electron chi connectivity index (χ4n) is 1.09. The van der Waals surface area contributed by atoms with Gasteiger partial charge in [0.05, 0.1) is 5.56 Å². The van der Waals surface area contributed by atoms with Crippen molar-refractivity contribution >= 4 is 0 Å². The SMILES string of the molecule is CC(ON)c1cc(F)cc(C(F)(F)F)c1. The molecule has 1 aromatic rings. The molecular weight excluding hydrogens is 214 g/mol. The molecule has 0 radical (unpaired) electrons. The molecule has 2 nitrogen and oxygen atoms in total. The molecule has 0 aliphatic rings. The molecule has 0 spiro atoms. The summed E-state index contributed by atoms with van der Waals surface area (Å²) < 4.78 is 49.7. The molecule has 1 atom stereocenters. The predicted octanol–water partition coefficient (Wildman–Crippen LogP) is 2.80. The zero-order valence-electron chi connectivity index (χ0n) is 7.81. The molecule has 1 rings (SSSR count). The van der Waals surface area contributed by atoms with Gasteiger partial charge in [0.25, 0.3) is 0 Å². The van der Waals surface area contributed by atoms with Crippen LogP contribution in [0.1, 0.15) is 24.2 Å². The molecule has 2 N–H and O–H groups in total. The van der Waals surface area contributed by atoms with Crippen molar-refractivity contribution in [2.75, 3.05) is 0 Å². The molecule has 0 aliphatic heterocycles. The maximum atomic E-state index is 12.9. The minimum atomic E-state index is -4.58. The average Bonchev–Trinajstić information content (AvgIpc) is 2.14. The van der Waals surface area contributed by atoms with E-state index in [0.29, 0.717) is 6.07 Å². The Morgan fingerprint density at radius 3 is 2.33 bits per heavy atom. The van der Waals surface area contributed by atoms with E-state index in [1.54, 1.807) is 0 Å². The minimum Gasteiger partial charge on any atom is -0.297 e. The van der Waals surface area contributed by atoms with Crippen LogP contribution in [-0.2, 0) is 11.0 Å². The maximum Gasteiger partial charge on any atom is 0.416 e. The third kappa shape index (κ3) is 2.90. The Morgan fingerprint density at radius 1 is 1.27 bits per heavy atom. The number of halogens is 4. The number of hydrogen-bond acceptors (Lipinski definition) is 2. The quantitative estimate of drug-likeness (QED) is 0.618. The summed E-state index contributed by atoms with van der Waals surface area (Å²) in [6, 6.07) is 2.18. The first kappa shape index (κ1) is 11.9. The largest absolute Gasteiger partial charge is 0.416 e. The van der Waals surface area contributed by atoms with Gasteiger partial charge in [-0.05, 0) is 30.7 Å². The number of rotatable bonds is 2. The lowest BCUT2D eigenvalue weighted by molar-refractivity contribution is -0.137. The third-order valence-corrected chi connectivity index (χ3v) is 1.92. The van der Waals surface area contributed by atoms with Crippen LogP contribution >= 0.6 is 0 Å². The van der Waals surface area contributed by atoms with E-state index in [1.807, 2.05) is 0 Å². The first-order valence-electron chi connectivity index (χ1n) is 4.08. The van der Waals surface area contributed by atoms with Gasteiger partial charge in [-0.2, -0.15) is 13.2 Å². The van der Waals surface area contributed by atoms with Crippen LogP contribution in [0.3, 0.4) is 0 Å². The van der Waals surface area contributed by atoms with Crippen LogP contribution in [0.4, 0.5) is 17.6 Å². The Labute approximate surface area is 83.6 Å². The Morgan fingerprint density at radius 2 is 1.87 bits per heavy atom. The van der Waals surface area contributed by atoms with Gasteiger partial charge in [0.2, 0.25) is 0 Å². The first-order chi connectivity index (χ1) is 6.84. The lowest BCUT2D eigenvalue weighted by atomic mass is 10.1. The van der Waals surface area contributed by atoms with Crippen LogP contribution in [0.5, 0.6) is 0 Å². The van der Waals surface area contributed by atoms with E-state index >= 15 is 0 Å². The summed E-state index contributed by atoms with van der Waals surface area (Å²) in [7, 11) is 0. The monoisotopic (exact) mass is 223 g/mol. The molecule has 84 valence electrons. The summed E-state index contributed by atoms with van der Waals surface area (Å²) in [5, 5.41) is 0. The third-order valence-electron chi connectivity index (χ3n) is 1.92. The highest BCUT2D eigenvalue weighted by Crippen LogP contribution is 2.31. The van der Waals surface area contributed by atoms with Gasteiger partial charge in [0, 0.05) is 0 Å². The van der Waals surface area contributed by atoms with Crippen molar-refractivity contribution in [2.24, 2.45) is 5.90 Å². The summed E-state index contributed by atoms with van der Waals surface area (Å²) in [5.41, 5.74) is -1.01. The molecule has 15 heavy (non-hydrogen) atoms. The van der Waals surface area contributed by atoms with Gasteiger partial charge >= 0.3 is 6.18 Å². The lowest BCUT2D eigenvalue weighted by Crippen LogP contribution is -2.10. The van der Waals surface area contributed by atoms with Crippen molar-refractivity contribution in [1.29, 1.82) is 0 Å². The zero-order valence-corrected chi connectivity index (χ0v) is 7.81. The summed E-state index contributed by atoms with van der Waals surface area (Å²) >= 11 is 0. The molecule has 0 heterocycles. The fourth-order valence-corrected chi connectivity index (χ4v) is 1.09. The van der Waals surface area contributed by atoms with Crippen LogP contribution in [0, 0.1) is 5.82 Å². The van der Waals surface area contributed by atoms with E-state index in [0.717, 1.165) is 12.1 Å². The van der Waals surface area contributed by atoms with Gasteiger partial charge < -0.3 is 0 Å². The second kappa shape index (κ2) is 4.16. The molecular formula is C9H9F4NO. The smallest absolute Gasteiger partial charge is 0.297 e. The van der Waals surface area contributed by atoms with Crippen LogP contribution < -0.4 is 5.90 Å². The van der Waals surface area contributed by atoms with Crippen LogP contribution in [0.2, 0.25) is 0 Å².